The van der Waals surface area contributed by atoms with Crippen molar-refractivity contribution in [3.63, 3.8) is 0 Å². The zero-order chi connectivity index (χ0) is 27.0. The van der Waals surface area contributed by atoms with Crippen molar-refractivity contribution in [2.24, 2.45) is 0 Å². The molecule has 0 bridgehead atoms. The highest BCUT2D eigenvalue weighted by molar-refractivity contribution is 6.00. The standard InChI is InChI=1S/C27H29N9O2/c1-27(2,3)20-14-21(34-38-20)32-26(37)31-17-8-12-19(13-9-17)36-25-22(24(28)29-15-30-25)23(33-36)16-6-10-18(11-7-16)35(4)5/h6-15H,1-5H3,(H2,28,29,30)(H2,31,32,34,37). The molecule has 38 heavy (non-hydrogen) atoms. The second-order valence-corrected chi connectivity index (χ2v) is 10.1. The lowest BCUT2D eigenvalue weighted by molar-refractivity contribution is 0.262. The van der Waals surface area contributed by atoms with Gasteiger partial charge >= 0.3 is 6.03 Å². The van der Waals surface area contributed by atoms with Crippen LogP contribution < -0.4 is 21.3 Å². The Kier molecular flexibility index (Phi) is 6.19. The van der Waals surface area contributed by atoms with E-state index < -0.39 is 6.03 Å². The van der Waals surface area contributed by atoms with Gasteiger partial charge in [-0.2, -0.15) is 5.10 Å². The van der Waals surface area contributed by atoms with E-state index in [0.29, 0.717) is 39.8 Å². The maximum absolute atomic E-state index is 12.5. The smallest absolute Gasteiger partial charge is 0.324 e. The molecule has 0 radical (unpaired) electrons. The molecule has 3 heterocycles. The highest BCUT2D eigenvalue weighted by atomic mass is 16.5. The van der Waals surface area contributed by atoms with Gasteiger partial charge in [0, 0.05) is 42.5 Å². The average molecular weight is 512 g/mol. The van der Waals surface area contributed by atoms with E-state index in [1.165, 1.54) is 6.33 Å². The summed E-state index contributed by atoms with van der Waals surface area (Å²) in [7, 11) is 3.98. The van der Waals surface area contributed by atoms with Crippen molar-refractivity contribution >= 4 is 40.1 Å². The third kappa shape index (κ3) is 4.85. The van der Waals surface area contributed by atoms with Crippen molar-refractivity contribution in [1.29, 1.82) is 0 Å². The van der Waals surface area contributed by atoms with Crippen LogP contribution >= 0.6 is 0 Å². The summed E-state index contributed by atoms with van der Waals surface area (Å²) in [5.74, 6) is 1.38. The molecule has 11 heteroatoms. The molecule has 11 nitrogen and oxygen atoms in total. The maximum atomic E-state index is 12.5. The summed E-state index contributed by atoms with van der Waals surface area (Å²) in [6.07, 6.45) is 1.42. The molecular formula is C27H29N9O2. The zero-order valence-corrected chi connectivity index (χ0v) is 21.9. The molecule has 0 aliphatic rings. The van der Waals surface area contributed by atoms with E-state index in [1.54, 1.807) is 22.9 Å². The predicted octanol–water partition coefficient (Wildman–Crippen LogP) is 5.06. The maximum Gasteiger partial charge on any atom is 0.324 e. The number of benzene rings is 2. The third-order valence-corrected chi connectivity index (χ3v) is 6.01. The van der Waals surface area contributed by atoms with E-state index in [9.17, 15) is 4.79 Å². The van der Waals surface area contributed by atoms with Crippen LogP contribution in [0, 0.1) is 0 Å². The lowest BCUT2D eigenvalue weighted by Crippen LogP contribution is -2.19. The number of urea groups is 1. The summed E-state index contributed by atoms with van der Waals surface area (Å²) in [4.78, 5) is 23.1. The third-order valence-electron chi connectivity index (χ3n) is 6.01. The first-order valence-corrected chi connectivity index (χ1v) is 12.0. The SMILES string of the molecule is CN(C)c1ccc(-c2nn(-c3ccc(NC(=O)Nc4cc(C(C)(C)C)on4)cc3)c3ncnc(N)c23)cc1. The van der Waals surface area contributed by atoms with E-state index in [4.69, 9.17) is 15.4 Å². The van der Waals surface area contributed by atoms with Gasteiger partial charge in [0.15, 0.2) is 11.5 Å². The van der Waals surface area contributed by atoms with Gasteiger partial charge < -0.3 is 20.5 Å². The van der Waals surface area contributed by atoms with Crippen molar-refractivity contribution in [3.05, 3.63) is 66.7 Å². The fraction of sp³-hybridized carbons (Fsp3) is 0.222. The molecule has 0 unspecified atom stereocenters. The summed E-state index contributed by atoms with van der Waals surface area (Å²) >= 11 is 0. The van der Waals surface area contributed by atoms with Crippen molar-refractivity contribution in [2.45, 2.75) is 26.2 Å². The van der Waals surface area contributed by atoms with Crippen LogP contribution in [0.3, 0.4) is 0 Å². The second kappa shape index (κ2) is 9.51. The molecule has 2 aromatic carbocycles. The van der Waals surface area contributed by atoms with Gasteiger partial charge in [0.2, 0.25) is 0 Å². The Hall–Kier alpha value is -4.93. The fourth-order valence-electron chi connectivity index (χ4n) is 3.93. The number of carbonyl (C=O) groups excluding carboxylic acids is 1. The number of nitrogens with one attached hydrogen (secondary N) is 2. The number of nitrogen functional groups attached to an aromatic ring is 1. The molecule has 0 atom stereocenters. The van der Waals surface area contributed by atoms with Crippen LogP contribution in [0.25, 0.3) is 28.0 Å². The van der Waals surface area contributed by atoms with Crippen molar-refractivity contribution in [3.8, 4) is 16.9 Å². The minimum atomic E-state index is -0.431. The molecular weight excluding hydrogens is 482 g/mol. The van der Waals surface area contributed by atoms with E-state index in [1.807, 2.05) is 76.2 Å². The first kappa shape index (κ1) is 24.8. The number of fused-ring (bicyclic) bond motifs is 1. The number of amides is 2. The number of nitrogens with zero attached hydrogens (tertiary/aromatic N) is 6. The van der Waals surface area contributed by atoms with Crippen molar-refractivity contribution < 1.29 is 9.32 Å². The van der Waals surface area contributed by atoms with Gasteiger partial charge in [-0.1, -0.05) is 38.1 Å². The average Bonchev–Trinajstić information content (AvgIpc) is 3.50. The number of hydrogen-bond donors (Lipinski definition) is 3. The highest BCUT2D eigenvalue weighted by Crippen LogP contribution is 2.32. The van der Waals surface area contributed by atoms with Gasteiger partial charge in [-0.3, -0.25) is 5.32 Å². The van der Waals surface area contributed by atoms with Crippen LogP contribution in [0.1, 0.15) is 26.5 Å². The molecule has 0 saturated carbocycles. The van der Waals surface area contributed by atoms with Gasteiger partial charge in [-0.25, -0.2) is 19.4 Å². The Morgan fingerprint density at radius 3 is 2.34 bits per heavy atom. The number of nitrogens with two attached hydrogens (primary N) is 1. The molecule has 5 rings (SSSR count). The van der Waals surface area contributed by atoms with E-state index in [-0.39, 0.29) is 5.41 Å². The van der Waals surface area contributed by atoms with Gasteiger partial charge in [0.25, 0.3) is 0 Å². The summed E-state index contributed by atoms with van der Waals surface area (Å²) in [6.45, 7) is 6.02. The van der Waals surface area contributed by atoms with Gasteiger partial charge in [0.05, 0.1) is 11.1 Å². The Bertz CT molecular complexity index is 1590. The van der Waals surface area contributed by atoms with Crippen LogP contribution in [0.2, 0.25) is 0 Å². The molecule has 3 aromatic heterocycles. The van der Waals surface area contributed by atoms with Crippen LogP contribution in [-0.4, -0.2) is 45.0 Å². The molecule has 0 aliphatic heterocycles. The highest BCUT2D eigenvalue weighted by Gasteiger charge is 2.21. The first-order valence-electron chi connectivity index (χ1n) is 12.0. The Labute approximate surface area is 219 Å². The normalized spacial score (nSPS) is 11.5. The van der Waals surface area contributed by atoms with Crippen LogP contribution in [0.4, 0.5) is 27.8 Å². The molecule has 4 N–H and O–H groups in total. The van der Waals surface area contributed by atoms with Crippen molar-refractivity contribution in [2.75, 3.05) is 35.4 Å². The van der Waals surface area contributed by atoms with Gasteiger partial charge in [-0.15, -0.1) is 0 Å². The molecule has 5 aromatic rings. The zero-order valence-electron chi connectivity index (χ0n) is 21.9. The quantitative estimate of drug-likeness (QED) is 0.297. The van der Waals surface area contributed by atoms with Crippen molar-refractivity contribution in [1.82, 2.24) is 24.9 Å². The Morgan fingerprint density at radius 1 is 1.00 bits per heavy atom. The second-order valence-electron chi connectivity index (χ2n) is 10.1. The summed E-state index contributed by atoms with van der Waals surface area (Å²) < 4.78 is 7.03. The van der Waals surface area contributed by atoms with E-state index >= 15 is 0 Å². The summed E-state index contributed by atoms with van der Waals surface area (Å²) in [6, 6.07) is 16.6. The van der Waals surface area contributed by atoms with Crippen LogP contribution in [0.15, 0.2) is 65.4 Å². The van der Waals surface area contributed by atoms with Gasteiger partial charge in [-0.05, 0) is 36.4 Å². The largest absolute Gasteiger partial charge is 0.383 e. The lowest BCUT2D eigenvalue weighted by atomic mass is 9.93. The minimum absolute atomic E-state index is 0.207. The lowest BCUT2D eigenvalue weighted by Gasteiger charge is -2.12. The molecule has 0 aliphatic carbocycles. The Morgan fingerprint density at radius 2 is 1.71 bits per heavy atom. The molecule has 0 saturated heterocycles. The molecule has 0 spiro atoms. The number of carbonyl (C=O) groups is 1. The molecule has 194 valence electrons. The number of anilines is 4. The van der Waals surface area contributed by atoms with Crippen LogP contribution in [-0.2, 0) is 5.41 Å². The number of aromatic nitrogens is 5. The number of hydrogen-bond acceptors (Lipinski definition) is 8. The predicted molar refractivity (Wildman–Crippen MR) is 149 cm³/mol. The fourth-order valence-corrected chi connectivity index (χ4v) is 3.93. The summed E-state index contributed by atoms with van der Waals surface area (Å²) in [5.41, 5.74) is 10.6. The molecule has 0 fully saturated rings. The first-order chi connectivity index (χ1) is 18.1. The minimum Gasteiger partial charge on any atom is -0.383 e. The van der Waals surface area contributed by atoms with Crippen LogP contribution in [0.5, 0.6) is 0 Å². The monoisotopic (exact) mass is 511 g/mol. The van der Waals surface area contributed by atoms with E-state index in [0.717, 1.165) is 16.9 Å². The molecule has 2 amide bonds. The number of rotatable bonds is 5. The topological polar surface area (TPSA) is 140 Å². The van der Waals surface area contributed by atoms with Gasteiger partial charge in [0.1, 0.15) is 23.6 Å². The Balaban J connectivity index is 1.39. The summed E-state index contributed by atoms with van der Waals surface area (Å²) in [5, 5.41) is 14.9. The van der Waals surface area contributed by atoms with E-state index in [2.05, 4.69) is 25.8 Å².